The normalized spacial score (nSPS) is 11.8. The lowest BCUT2D eigenvalue weighted by Crippen LogP contribution is -2.30. The number of hydrogen-bond donors (Lipinski definition) is 2. The molecule has 0 saturated carbocycles. The fraction of sp³-hybridized carbons (Fsp3) is 0.238. The van der Waals surface area contributed by atoms with Crippen LogP contribution in [0.25, 0.3) is 0 Å². The van der Waals surface area contributed by atoms with E-state index in [0.717, 1.165) is 5.56 Å². The summed E-state index contributed by atoms with van der Waals surface area (Å²) in [5, 5.41) is 2.66. The lowest BCUT2D eigenvalue weighted by Gasteiger charge is -2.16. The molecule has 2 aromatic carbocycles. The van der Waals surface area contributed by atoms with Crippen molar-refractivity contribution in [3.8, 4) is 18.1 Å². The molecule has 2 aromatic rings. The Morgan fingerprint density at radius 3 is 2.43 bits per heavy atom. The van der Waals surface area contributed by atoms with E-state index in [1.165, 1.54) is 38.3 Å². The Balaban J connectivity index is 2.04. The van der Waals surface area contributed by atoms with Crippen molar-refractivity contribution in [2.75, 3.05) is 19.0 Å². The second kappa shape index (κ2) is 9.91. The number of hydrogen-bond acceptors (Lipinski definition) is 6. The number of esters is 1. The fourth-order valence-electron chi connectivity index (χ4n) is 2.43. The molecule has 30 heavy (non-hydrogen) atoms. The Morgan fingerprint density at radius 1 is 1.17 bits per heavy atom. The number of benzene rings is 2. The van der Waals surface area contributed by atoms with Gasteiger partial charge in [-0.3, -0.25) is 4.79 Å². The number of aryl methyl sites for hydroxylation is 1. The molecule has 0 radical (unpaired) electrons. The minimum absolute atomic E-state index is 0.0494. The first kappa shape index (κ1) is 22.9. The Bertz CT molecular complexity index is 1070. The Labute approximate surface area is 175 Å². The van der Waals surface area contributed by atoms with E-state index in [0.29, 0.717) is 11.4 Å². The summed E-state index contributed by atoms with van der Waals surface area (Å²) in [5.74, 6) is 1.34. The van der Waals surface area contributed by atoms with Crippen molar-refractivity contribution in [2.24, 2.45) is 0 Å². The molecule has 1 atom stereocenters. The van der Waals surface area contributed by atoms with E-state index in [-0.39, 0.29) is 17.0 Å². The second-order valence-electron chi connectivity index (χ2n) is 6.29. The van der Waals surface area contributed by atoms with Gasteiger partial charge in [-0.25, -0.2) is 13.2 Å². The lowest BCUT2D eigenvalue weighted by molar-refractivity contribution is -0.123. The van der Waals surface area contributed by atoms with Crippen molar-refractivity contribution in [1.29, 1.82) is 0 Å². The minimum atomic E-state index is -3.77. The molecule has 0 heterocycles. The molecule has 0 aliphatic heterocycles. The number of carbonyl (C=O) groups excluding carboxylic acids is 2. The maximum atomic E-state index is 12.4. The first-order valence-electron chi connectivity index (χ1n) is 8.87. The van der Waals surface area contributed by atoms with Crippen molar-refractivity contribution in [3.05, 3.63) is 53.6 Å². The summed E-state index contributed by atoms with van der Waals surface area (Å²) in [4.78, 5) is 24.7. The molecule has 0 fully saturated rings. The zero-order chi connectivity index (χ0) is 22.3. The van der Waals surface area contributed by atoms with E-state index in [1.54, 1.807) is 12.1 Å². The molecule has 0 aliphatic rings. The van der Waals surface area contributed by atoms with Crippen LogP contribution in [0.1, 0.15) is 22.8 Å². The number of terminal acetylenes is 1. The van der Waals surface area contributed by atoms with Crippen LogP contribution in [0.5, 0.6) is 5.75 Å². The highest BCUT2D eigenvalue weighted by Gasteiger charge is 2.21. The number of sulfonamides is 1. The molecule has 2 rings (SSSR count). The second-order valence-corrected chi connectivity index (χ2v) is 8.06. The predicted molar refractivity (Wildman–Crippen MR) is 112 cm³/mol. The molecule has 0 saturated heterocycles. The summed E-state index contributed by atoms with van der Waals surface area (Å²) in [5.41, 5.74) is 1.47. The zero-order valence-corrected chi connectivity index (χ0v) is 17.6. The van der Waals surface area contributed by atoms with Crippen LogP contribution in [0.15, 0.2) is 47.4 Å². The molecule has 0 bridgehead atoms. The summed E-state index contributed by atoms with van der Waals surface area (Å²) < 4.78 is 36.6. The first-order valence-corrected chi connectivity index (χ1v) is 10.4. The summed E-state index contributed by atoms with van der Waals surface area (Å²) in [6, 6.07) is 10.4. The van der Waals surface area contributed by atoms with Gasteiger partial charge in [0.2, 0.25) is 10.0 Å². The van der Waals surface area contributed by atoms with E-state index in [2.05, 4.69) is 16.0 Å². The van der Waals surface area contributed by atoms with E-state index in [1.807, 2.05) is 13.0 Å². The van der Waals surface area contributed by atoms with Crippen LogP contribution in [0, 0.1) is 19.3 Å². The van der Waals surface area contributed by atoms with Crippen LogP contribution in [-0.2, 0) is 19.6 Å². The standard InChI is InChI=1S/C21H22N2O6S/c1-5-12-22-30(26,27)17-9-7-16(8-10-17)21(25)29-15(3)20(24)23-18-13-14(2)6-11-19(18)28-4/h1,6-11,13,15,22H,12H2,2-4H3,(H,23,24). The SMILES string of the molecule is C#CCNS(=O)(=O)c1ccc(C(=O)OC(C)C(=O)Nc2cc(C)ccc2OC)cc1. The van der Waals surface area contributed by atoms with E-state index >= 15 is 0 Å². The van der Waals surface area contributed by atoms with Crippen molar-refractivity contribution < 1.29 is 27.5 Å². The molecular weight excluding hydrogens is 408 g/mol. The number of methoxy groups -OCH3 is 1. The van der Waals surface area contributed by atoms with Gasteiger partial charge in [-0.1, -0.05) is 12.0 Å². The van der Waals surface area contributed by atoms with Gasteiger partial charge in [-0.15, -0.1) is 6.42 Å². The molecular formula is C21H22N2O6S. The Morgan fingerprint density at radius 2 is 1.83 bits per heavy atom. The monoisotopic (exact) mass is 430 g/mol. The van der Waals surface area contributed by atoms with Gasteiger partial charge in [0.25, 0.3) is 5.91 Å². The zero-order valence-electron chi connectivity index (χ0n) is 16.8. The number of ether oxygens (including phenoxy) is 2. The van der Waals surface area contributed by atoms with Crippen LogP contribution in [0.2, 0.25) is 0 Å². The van der Waals surface area contributed by atoms with Gasteiger partial charge in [0.15, 0.2) is 6.10 Å². The van der Waals surface area contributed by atoms with E-state index < -0.39 is 28.0 Å². The predicted octanol–water partition coefficient (Wildman–Crippen LogP) is 2.10. The smallest absolute Gasteiger partial charge is 0.338 e. The molecule has 9 heteroatoms. The maximum absolute atomic E-state index is 12.4. The summed E-state index contributed by atoms with van der Waals surface area (Å²) in [7, 11) is -2.28. The highest BCUT2D eigenvalue weighted by molar-refractivity contribution is 7.89. The van der Waals surface area contributed by atoms with Crippen LogP contribution in [-0.4, -0.2) is 40.1 Å². The van der Waals surface area contributed by atoms with E-state index in [4.69, 9.17) is 15.9 Å². The molecule has 0 aliphatic carbocycles. The molecule has 1 amide bonds. The molecule has 158 valence electrons. The third-order valence-corrected chi connectivity index (χ3v) is 5.45. The van der Waals surface area contributed by atoms with Gasteiger partial charge in [0, 0.05) is 0 Å². The number of nitrogens with one attached hydrogen (secondary N) is 2. The molecule has 2 N–H and O–H groups in total. The summed E-state index contributed by atoms with van der Waals surface area (Å²) in [6.07, 6.45) is 3.95. The van der Waals surface area contributed by atoms with Gasteiger partial charge in [-0.05, 0) is 55.8 Å². The van der Waals surface area contributed by atoms with Gasteiger partial charge >= 0.3 is 5.97 Å². The van der Waals surface area contributed by atoms with Gasteiger partial charge in [0.1, 0.15) is 5.75 Å². The third kappa shape index (κ3) is 5.83. The highest BCUT2D eigenvalue weighted by Crippen LogP contribution is 2.25. The van der Waals surface area contributed by atoms with Gasteiger partial charge in [-0.2, -0.15) is 4.72 Å². The number of anilines is 1. The molecule has 1 unspecified atom stereocenters. The van der Waals surface area contributed by atoms with Gasteiger partial charge in [0.05, 0.1) is 29.8 Å². The average molecular weight is 430 g/mol. The van der Waals surface area contributed by atoms with Crippen LogP contribution in [0.4, 0.5) is 5.69 Å². The topological polar surface area (TPSA) is 111 Å². The van der Waals surface area contributed by atoms with Crippen molar-refractivity contribution in [3.63, 3.8) is 0 Å². The number of carbonyl (C=O) groups is 2. The van der Waals surface area contributed by atoms with Crippen LogP contribution < -0.4 is 14.8 Å². The summed E-state index contributed by atoms with van der Waals surface area (Å²) in [6.45, 7) is 3.15. The van der Waals surface area contributed by atoms with Crippen LogP contribution in [0.3, 0.4) is 0 Å². The maximum Gasteiger partial charge on any atom is 0.338 e. The highest BCUT2D eigenvalue weighted by atomic mass is 32.2. The Hall–Kier alpha value is -3.35. The van der Waals surface area contributed by atoms with E-state index in [9.17, 15) is 18.0 Å². The molecule has 8 nitrogen and oxygen atoms in total. The van der Waals surface area contributed by atoms with Gasteiger partial charge < -0.3 is 14.8 Å². The van der Waals surface area contributed by atoms with Crippen molar-refractivity contribution >= 4 is 27.6 Å². The lowest BCUT2D eigenvalue weighted by atomic mass is 10.2. The summed E-state index contributed by atoms with van der Waals surface area (Å²) >= 11 is 0. The Kier molecular flexibility index (Phi) is 7.58. The minimum Gasteiger partial charge on any atom is -0.495 e. The largest absolute Gasteiger partial charge is 0.495 e. The average Bonchev–Trinajstić information content (AvgIpc) is 2.72. The van der Waals surface area contributed by atoms with Crippen molar-refractivity contribution in [2.45, 2.75) is 24.8 Å². The molecule has 0 aromatic heterocycles. The fourth-order valence-corrected chi connectivity index (χ4v) is 3.36. The number of amides is 1. The quantitative estimate of drug-likeness (QED) is 0.490. The number of rotatable bonds is 8. The van der Waals surface area contributed by atoms with Crippen LogP contribution >= 0.6 is 0 Å². The molecule has 0 spiro atoms. The van der Waals surface area contributed by atoms with Crippen molar-refractivity contribution in [1.82, 2.24) is 4.72 Å². The third-order valence-electron chi connectivity index (χ3n) is 4.03. The first-order chi connectivity index (χ1) is 14.2.